The molecule has 0 aliphatic carbocycles. The van der Waals surface area contributed by atoms with E-state index in [0.29, 0.717) is 11.3 Å². The van der Waals surface area contributed by atoms with E-state index in [4.69, 9.17) is 10.5 Å². The topological polar surface area (TPSA) is 160 Å². The number of carbonyl (C=O) groups excluding carboxylic acids is 4. The van der Waals surface area contributed by atoms with Gasteiger partial charge in [-0.2, -0.15) is 11.8 Å². The van der Waals surface area contributed by atoms with E-state index in [2.05, 4.69) is 16.0 Å². The molecule has 11 heteroatoms. The van der Waals surface area contributed by atoms with Crippen molar-refractivity contribution in [2.45, 2.75) is 49.9 Å². The van der Waals surface area contributed by atoms with Gasteiger partial charge in [0, 0.05) is 12.8 Å². The van der Waals surface area contributed by atoms with Crippen molar-refractivity contribution in [1.82, 2.24) is 16.0 Å². The first-order chi connectivity index (χ1) is 21.2. The number of carbonyl (C=O) groups is 4. The van der Waals surface area contributed by atoms with Crippen LogP contribution in [0.4, 0.5) is 0 Å². The predicted octanol–water partition coefficient (Wildman–Crippen LogP) is 2.13. The van der Waals surface area contributed by atoms with Crippen LogP contribution in [0.5, 0.6) is 5.75 Å². The molecule has 0 radical (unpaired) electrons. The number of benzene rings is 3. The number of phenolic OH excluding ortho intramolecular Hbond substituents is 1. The van der Waals surface area contributed by atoms with Crippen molar-refractivity contribution in [3.63, 3.8) is 0 Å². The number of amides is 3. The molecule has 0 unspecified atom stereocenters. The monoisotopic (exact) mass is 620 g/mol. The lowest BCUT2D eigenvalue weighted by molar-refractivity contribution is -0.145. The normalized spacial score (nSPS) is 13.5. The van der Waals surface area contributed by atoms with Crippen LogP contribution in [0.2, 0.25) is 0 Å². The highest BCUT2D eigenvalue weighted by Gasteiger charge is 2.31. The van der Waals surface area contributed by atoms with Gasteiger partial charge < -0.3 is 31.5 Å². The fourth-order valence-corrected chi connectivity index (χ4v) is 5.02. The van der Waals surface area contributed by atoms with E-state index < -0.39 is 47.9 Å². The van der Waals surface area contributed by atoms with E-state index in [9.17, 15) is 24.3 Å². The van der Waals surface area contributed by atoms with Gasteiger partial charge >= 0.3 is 5.97 Å². The minimum atomic E-state index is -1.07. The number of methoxy groups -OCH3 is 1. The van der Waals surface area contributed by atoms with Crippen molar-refractivity contribution in [1.29, 1.82) is 0 Å². The fraction of sp³-hybridized carbons (Fsp3) is 0.333. The molecule has 3 rings (SSSR count). The molecule has 234 valence electrons. The summed E-state index contributed by atoms with van der Waals surface area (Å²) in [5, 5.41) is 18.0. The van der Waals surface area contributed by atoms with Gasteiger partial charge in [-0.05, 0) is 53.7 Å². The van der Waals surface area contributed by atoms with Crippen LogP contribution < -0.4 is 21.7 Å². The van der Waals surface area contributed by atoms with Crippen LogP contribution in [0.3, 0.4) is 0 Å². The Labute approximate surface area is 262 Å². The Morgan fingerprint density at radius 2 is 1.18 bits per heavy atom. The van der Waals surface area contributed by atoms with Crippen molar-refractivity contribution < 1.29 is 29.0 Å². The van der Waals surface area contributed by atoms with Crippen LogP contribution in [0.15, 0.2) is 84.9 Å². The molecule has 10 nitrogen and oxygen atoms in total. The van der Waals surface area contributed by atoms with Crippen LogP contribution >= 0.6 is 11.8 Å². The molecule has 0 saturated carbocycles. The molecule has 3 amide bonds. The van der Waals surface area contributed by atoms with Crippen molar-refractivity contribution in [2.24, 2.45) is 5.73 Å². The third-order valence-corrected chi connectivity index (χ3v) is 7.62. The molecule has 6 N–H and O–H groups in total. The van der Waals surface area contributed by atoms with Gasteiger partial charge in [0.05, 0.1) is 13.2 Å². The second kappa shape index (κ2) is 17.7. The third-order valence-electron chi connectivity index (χ3n) is 6.97. The molecule has 0 saturated heterocycles. The minimum absolute atomic E-state index is 0.0631. The van der Waals surface area contributed by atoms with Crippen molar-refractivity contribution in [3.05, 3.63) is 102 Å². The highest BCUT2D eigenvalue weighted by Crippen LogP contribution is 2.13. The Hall–Kier alpha value is -4.35. The molecule has 0 spiro atoms. The quantitative estimate of drug-likeness (QED) is 0.152. The summed E-state index contributed by atoms with van der Waals surface area (Å²) in [5.41, 5.74) is 8.58. The van der Waals surface area contributed by atoms with Crippen molar-refractivity contribution in [3.8, 4) is 5.75 Å². The van der Waals surface area contributed by atoms with E-state index in [0.717, 1.165) is 11.1 Å². The number of phenols is 1. The van der Waals surface area contributed by atoms with Gasteiger partial charge in [0.15, 0.2) is 0 Å². The summed E-state index contributed by atoms with van der Waals surface area (Å²) in [5.74, 6) is -1.65. The molecule has 3 aromatic rings. The predicted molar refractivity (Wildman–Crippen MR) is 171 cm³/mol. The summed E-state index contributed by atoms with van der Waals surface area (Å²) < 4.78 is 4.93. The number of rotatable bonds is 16. The zero-order valence-corrected chi connectivity index (χ0v) is 25.7. The van der Waals surface area contributed by atoms with Gasteiger partial charge in [-0.25, -0.2) is 4.79 Å². The zero-order chi connectivity index (χ0) is 31.9. The Kier molecular flexibility index (Phi) is 13.7. The van der Waals surface area contributed by atoms with Crippen LogP contribution in [0.25, 0.3) is 0 Å². The summed E-state index contributed by atoms with van der Waals surface area (Å²) in [6.45, 7) is 0. The average Bonchev–Trinajstić information content (AvgIpc) is 3.03. The van der Waals surface area contributed by atoms with Crippen LogP contribution in [-0.4, -0.2) is 72.1 Å². The molecule has 3 aromatic carbocycles. The van der Waals surface area contributed by atoms with Crippen LogP contribution in [0, 0.1) is 0 Å². The zero-order valence-electron chi connectivity index (χ0n) is 24.9. The van der Waals surface area contributed by atoms with Crippen LogP contribution in [0.1, 0.15) is 23.1 Å². The molecular weight excluding hydrogens is 580 g/mol. The van der Waals surface area contributed by atoms with Gasteiger partial charge in [0.2, 0.25) is 17.7 Å². The van der Waals surface area contributed by atoms with E-state index in [1.807, 2.05) is 66.9 Å². The van der Waals surface area contributed by atoms with Gasteiger partial charge in [-0.1, -0.05) is 72.8 Å². The van der Waals surface area contributed by atoms with E-state index in [1.54, 1.807) is 12.1 Å². The number of aromatic hydroxyl groups is 1. The molecule has 0 heterocycles. The van der Waals surface area contributed by atoms with Crippen LogP contribution in [-0.2, 0) is 43.2 Å². The minimum Gasteiger partial charge on any atom is -0.508 e. The SMILES string of the molecule is COC(=O)[C@H](Cc1ccccc1)NC(=O)[C@@H](CCSC)NC(=O)[C@H](Cc1ccc(O)cc1)NC(=O)[C@@H](N)Cc1ccccc1. The lowest BCUT2D eigenvalue weighted by Crippen LogP contribution is -2.58. The first-order valence-electron chi connectivity index (χ1n) is 14.3. The lowest BCUT2D eigenvalue weighted by Gasteiger charge is -2.26. The molecule has 0 fully saturated rings. The summed E-state index contributed by atoms with van der Waals surface area (Å²) in [6.07, 6.45) is 2.74. The highest BCUT2D eigenvalue weighted by atomic mass is 32.2. The number of nitrogens with two attached hydrogens (primary N) is 1. The number of hydrogen-bond donors (Lipinski definition) is 5. The Morgan fingerprint density at radius 3 is 1.75 bits per heavy atom. The number of nitrogens with one attached hydrogen (secondary N) is 3. The third kappa shape index (κ3) is 11.1. The summed E-state index contributed by atoms with van der Waals surface area (Å²) >= 11 is 1.50. The molecular formula is C33H40N4O6S. The molecule has 0 bridgehead atoms. The smallest absolute Gasteiger partial charge is 0.328 e. The summed E-state index contributed by atoms with van der Waals surface area (Å²) in [4.78, 5) is 52.9. The van der Waals surface area contributed by atoms with Gasteiger partial charge in [-0.15, -0.1) is 0 Å². The van der Waals surface area contributed by atoms with Crippen molar-refractivity contribution in [2.75, 3.05) is 19.1 Å². The summed E-state index contributed by atoms with van der Waals surface area (Å²) in [6, 6.07) is 20.8. The standard InChI is InChI=1S/C33H40N4O6S/c1-43-33(42)29(21-23-11-7-4-8-12-23)37-31(40)27(17-18-44-2)35-32(41)28(20-24-13-15-25(38)16-14-24)36-30(39)26(34)19-22-9-5-3-6-10-22/h3-16,26-29,38H,17-21,34H2,1-2H3,(H,35,41)(H,36,39)(H,37,40)/t26-,27+,28-,29-/m0/s1. The molecule has 0 aliphatic rings. The first-order valence-corrected chi connectivity index (χ1v) is 15.7. The van der Waals surface area contributed by atoms with Crippen molar-refractivity contribution >= 4 is 35.5 Å². The Balaban J connectivity index is 1.78. The maximum absolute atomic E-state index is 13.7. The fourth-order valence-electron chi connectivity index (χ4n) is 4.55. The molecule has 4 atom stereocenters. The number of hydrogen-bond acceptors (Lipinski definition) is 8. The molecule has 44 heavy (non-hydrogen) atoms. The Morgan fingerprint density at radius 1 is 0.705 bits per heavy atom. The number of thioether (sulfide) groups is 1. The Bertz CT molecular complexity index is 1360. The second-order valence-electron chi connectivity index (χ2n) is 10.3. The summed E-state index contributed by atoms with van der Waals surface area (Å²) in [7, 11) is 1.25. The van der Waals surface area contributed by atoms with Gasteiger partial charge in [0.1, 0.15) is 23.9 Å². The molecule has 0 aromatic heterocycles. The largest absolute Gasteiger partial charge is 0.508 e. The first kappa shape index (κ1) is 34.1. The second-order valence-corrected chi connectivity index (χ2v) is 11.3. The van der Waals surface area contributed by atoms with E-state index in [1.165, 1.54) is 31.0 Å². The molecule has 0 aliphatic heterocycles. The van der Waals surface area contributed by atoms with Gasteiger partial charge in [0.25, 0.3) is 0 Å². The maximum Gasteiger partial charge on any atom is 0.328 e. The van der Waals surface area contributed by atoms with E-state index >= 15 is 0 Å². The maximum atomic E-state index is 13.7. The number of esters is 1. The highest BCUT2D eigenvalue weighted by molar-refractivity contribution is 7.98. The van der Waals surface area contributed by atoms with E-state index in [-0.39, 0.29) is 31.4 Å². The average molecular weight is 621 g/mol. The lowest BCUT2D eigenvalue weighted by atomic mass is 10.0. The van der Waals surface area contributed by atoms with Gasteiger partial charge in [-0.3, -0.25) is 14.4 Å². The number of ether oxygens (including phenoxy) is 1.